The third-order valence-electron chi connectivity index (χ3n) is 4.91. The number of hydrogen-bond donors (Lipinski definition) is 1. The highest BCUT2D eigenvalue weighted by Crippen LogP contribution is 2.60. The lowest BCUT2D eigenvalue weighted by Crippen LogP contribution is -2.25. The van der Waals surface area contributed by atoms with Crippen LogP contribution < -0.4 is 5.73 Å². The van der Waals surface area contributed by atoms with Crippen molar-refractivity contribution in [1.29, 1.82) is 0 Å². The van der Waals surface area contributed by atoms with E-state index in [9.17, 15) is 4.79 Å². The Labute approximate surface area is 111 Å². The maximum Gasteiger partial charge on any atom is 0.223 e. The zero-order valence-corrected chi connectivity index (χ0v) is 10.8. The van der Waals surface area contributed by atoms with E-state index < -0.39 is 0 Å². The summed E-state index contributed by atoms with van der Waals surface area (Å²) in [5, 5.41) is 2.39. The van der Waals surface area contributed by atoms with Crippen LogP contribution in [0.15, 0.2) is 35.1 Å². The summed E-state index contributed by atoms with van der Waals surface area (Å²) >= 11 is 0. The maximum absolute atomic E-state index is 11.5. The predicted molar refractivity (Wildman–Crippen MR) is 72.5 cm³/mol. The van der Waals surface area contributed by atoms with Crippen molar-refractivity contribution in [2.45, 2.75) is 31.6 Å². The molecule has 1 aromatic heterocycles. The molecule has 1 heterocycles. The normalized spacial score (nSPS) is 27.4. The van der Waals surface area contributed by atoms with Gasteiger partial charge in [-0.25, -0.2) is 0 Å². The van der Waals surface area contributed by atoms with Gasteiger partial charge in [-0.05, 0) is 43.1 Å². The van der Waals surface area contributed by atoms with Gasteiger partial charge in [0.15, 0.2) is 0 Å². The Morgan fingerprint density at radius 1 is 1.37 bits per heavy atom. The average molecular weight is 255 g/mol. The first-order valence-corrected chi connectivity index (χ1v) is 6.94. The predicted octanol–water partition coefficient (Wildman–Crippen LogP) is 3.19. The molecule has 0 bridgehead atoms. The van der Waals surface area contributed by atoms with Crippen LogP contribution in [-0.2, 0) is 4.79 Å². The molecule has 4 rings (SSSR count). The minimum Gasteiger partial charge on any atom is -0.471 e. The van der Waals surface area contributed by atoms with Crippen molar-refractivity contribution in [3.8, 4) is 0 Å². The fraction of sp³-hybridized carbons (Fsp3) is 0.438. The van der Waals surface area contributed by atoms with Gasteiger partial charge in [-0.2, -0.15) is 0 Å². The highest BCUT2D eigenvalue weighted by Gasteiger charge is 2.54. The summed E-state index contributed by atoms with van der Waals surface area (Å²) in [7, 11) is 0. The lowest BCUT2D eigenvalue weighted by atomic mass is 9.95. The van der Waals surface area contributed by atoms with E-state index in [0.29, 0.717) is 11.8 Å². The summed E-state index contributed by atoms with van der Waals surface area (Å²) in [5.74, 6) is 1.10. The van der Waals surface area contributed by atoms with Crippen molar-refractivity contribution in [2.75, 3.05) is 0 Å². The Kier molecular flexibility index (Phi) is 2.12. The highest BCUT2D eigenvalue weighted by atomic mass is 16.3. The van der Waals surface area contributed by atoms with Gasteiger partial charge in [0.1, 0.15) is 0 Å². The van der Waals surface area contributed by atoms with Crippen molar-refractivity contribution in [2.24, 2.45) is 17.1 Å². The Hall–Kier alpha value is -1.77. The molecule has 98 valence electrons. The molecule has 3 nitrogen and oxygen atoms in total. The number of primary amides is 1. The molecule has 1 amide bonds. The highest BCUT2D eigenvalue weighted by molar-refractivity contribution is 5.86. The van der Waals surface area contributed by atoms with Crippen LogP contribution in [0.3, 0.4) is 0 Å². The molecule has 1 aromatic carbocycles. The van der Waals surface area contributed by atoms with E-state index >= 15 is 0 Å². The molecule has 2 unspecified atom stereocenters. The van der Waals surface area contributed by atoms with E-state index in [1.54, 1.807) is 6.26 Å². The van der Waals surface area contributed by atoms with Gasteiger partial charge < -0.3 is 10.2 Å². The van der Waals surface area contributed by atoms with Gasteiger partial charge in [0.25, 0.3) is 0 Å². The van der Waals surface area contributed by atoms with Crippen LogP contribution in [0.25, 0.3) is 10.8 Å². The first-order valence-electron chi connectivity index (χ1n) is 6.94. The van der Waals surface area contributed by atoms with Gasteiger partial charge in [0.2, 0.25) is 5.91 Å². The summed E-state index contributed by atoms with van der Waals surface area (Å²) in [4.78, 5) is 11.5. The number of rotatable bonds is 4. The lowest BCUT2D eigenvalue weighted by Gasteiger charge is -2.10. The molecule has 2 N–H and O–H groups in total. The number of furan rings is 1. The molecule has 3 heteroatoms. The van der Waals surface area contributed by atoms with Gasteiger partial charge >= 0.3 is 0 Å². The zero-order chi connectivity index (χ0) is 13.0. The number of hydrogen-bond acceptors (Lipinski definition) is 2. The molecular weight excluding hydrogens is 238 g/mol. The summed E-state index contributed by atoms with van der Waals surface area (Å²) in [6.07, 6.45) is 7.76. The Morgan fingerprint density at radius 3 is 2.95 bits per heavy atom. The lowest BCUT2D eigenvalue weighted by molar-refractivity contribution is -0.123. The van der Waals surface area contributed by atoms with Crippen LogP contribution in [0.1, 0.15) is 37.2 Å². The fourth-order valence-corrected chi connectivity index (χ4v) is 3.40. The van der Waals surface area contributed by atoms with E-state index in [4.69, 9.17) is 10.2 Å². The second-order valence-electron chi connectivity index (χ2n) is 6.17. The molecule has 19 heavy (non-hydrogen) atoms. The topological polar surface area (TPSA) is 56.2 Å². The Bertz CT molecular complexity index is 654. The summed E-state index contributed by atoms with van der Waals surface area (Å²) in [5.41, 5.74) is 6.72. The van der Waals surface area contributed by atoms with Crippen molar-refractivity contribution in [1.82, 2.24) is 0 Å². The minimum atomic E-state index is -0.163. The van der Waals surface area contributed by atoms with Crippen LogP contribution in [-0.4, -0.2) is 5.91 Å². The first kappa shape index (κ1) is 11.1. The van der Waals surface area contributed by atoms with Crippen LogP contribution in [0.4, 0.5) is 0 Å². The van der Waals surface area contributed by atoms with Crippen molar-refractivity contribution in [3.63, 3.8) is 0 Å². The fourth-order valence-electron chi connectivity index (χ4n) is 3.40. The van der Waals surface area contributed by atoms with Gasteiger partial charge in [0, 0.05) is 16.2 Å². The van der Waals surface area contributed by atoms with Gasteiger partial charge in [0.05, 0.1) is 12.5 Å². The first-order chi connectivity index (χ1) is 9.20. The zero-order valence-electron chi connectivity index (χ0n) is 10.8. The van der Waals surface area contributed by atoms with Crippen LogP contribution in [0.2, 0.25) is 0 Å². The van der Waals surface area contributed by atoms with Crippen molar-refractivity contribution < 1.29 is 9.21 Å². The number of carbonyl (C=O) groups excluding carboxylic acids is 1. The monoisotopic (exact) mass is 255 g/mol. The summed E-state index contributed by atoms with van der Waals surface area (Å²) < 4.78 is 5.30. The van der Waals surface area contributed by atoms with E-state index in [2.05, 4.69) is 18.2 Å². The van der Waals surface area contributed by atoms with Crippen LogP contribution >= 0.6 is 0 Å². The van der Waals surface area contributed by atoms with Crippen molar-refractivity contribution in [3.05, 3.63) is 36.3 Å². The summed E-state index contributed by atoms with van der Waals surface area (Å²) in [6.45, 7) is 0. The Balaban J connectivity index is 1.56. The molecule has 0 aliphatic heterocycles. The van der Waals surface area contributed by atoms with Gasteiger partial charge in [-0.15, -0.1) is 0 Å². The smallest absolute Gasteiger partial charge is 0.223 e. The number of carbonyl (C=O) groups is 1. The van der Waals surface area contributed by atoms with Crippen LogP contribution in [0.5, 0.6) is 0 Å². The van der Waals surface area contributed by atoms with Crippen molar-refractivity contribution >= 4 is 16.7 Å². The second kappa shape index (κ2) is 3.62. The maximum atomic E-state index is 11.5. The van der Waals surface area contributed by atoms with E-state index in [1.165, 1.54) is 22.8 Å². The number of benzene rings is 1. The third kappa shape index (κ3) is 1.68. The molecule has 2 aliphatic carbocycles. The molecule has 2 saturated carbocycles. The Morgan fingerprint density at radius 2 is 2.21 bits per heavy atom. The number of nitrogens with two attached hydrogens (primary N) is 1. The molecule has 2 aliphatic rings. The molecule has 2 aromatic rings. The molecule has 0 radical (unpaired) electrons. The van der Waals surface area contributed by atoms with Gasteiger partial charge in [-0.3, -0.25) is 4.79 Å². The second-order valence-corrected chi connectivity index (χ2v) is 6.17. The van der Waals surface area contributed by atoms with E-state index in [0.717, 1.165) is 19.3 Å². The van der Waals surface area contributed by atoms with E-state index in [-0.39, 0.29) is 11.3 Å². The molecule has 2 atom stereocenters. The number of amides is 1. The number of fused-ring (bicyclic) bond motifs is 1. The largest absolute Gasteiger partial charge is 0.471 e. The molecular formula is C16H17NO2. The molecule has 0 saturated heterocycles. The standard InChI is InChI=1S/C16H17NO2/c17-15(18)16(4-5-16)7-11-6-13(11)12-3-1-2-10-8-19-9-14(10)12/h1-3,8-9,11,13H,4-7H2,(H2,17,18). The molecule has 2 fully saturated rings. The SMILES string of the molecule is NC(=O)C1(CC2CC2c2cccc3cocc23)CC1. The van der Waals surface area contributed by atoms with Crippen LogP contribution in [0, 0.1) is 11.3 Å². The minimum absolute atomic E-state index is 0.0975. The average Bonchev–Trinajstić information content (AvgIpc) is 3.29. The van der Waals surface area contributed by atoms with Gasteiger partial charge in [-0.1, -0.05) is 18.2 Å². The quantitative estimate of drug-likeness (QED) is 0.912. The third-order valence-corrected chi connectivity index (χ3v) is 4.91. The van der Waals surface area contributed by atoms with E-state index in [1.807, 2.05) is 6.26 Å². The summed E-state index contributed by atoms with van der Waals surface area (Å²) in [6, 6.07) is 6.35. The molecule has 0 spiro atoms.